The number of ether oxygens (including phenoxy) is 1. The molecule has 0 aliphatic heterocycles. The first-order valence-electron chi connectivity index (χ1n) is 5.32. The van der Waals surface area contributed by atoms with Crippen molar-refractivity contribution < 1.29 is 19.4 Å². The summed E-state index contributed by atoms with van der Waals surface area (Å²) in [6, 6.07) is 6.21. The smallest absolute Gasteiger partial charge is 0.313 e. The van der Waals surface area contributed by atoms with Crippen LogP contribution in [0.5, 0.6) is 5.75 Å². The Bertz CT molecular complexity index is 417. The molecule has 1 amide bonds. The predicted molar refractivity (Wildman–Crippen MR) is 61.5 cm³/mol. The van der Waals surface area contributed by atoms with Gasteiger partial charge in [0.05, 0.1) is 18.1 Å². The number of carbonyl (C=O) groups excluding carboxylic acids is 2. The van der Waals surface area contributed by atoms with Crippen LogP contribution in [0.4, 0.5) is 0 Å². The molecule has 17 heavy (non-hydrogen) atoms. The van der Waals surface area contributed by atoms with Crippen LogP contribution in [0.3, 0.4) is 0 Å². The summed E-state index contributed by atoms with van der Waals surface area (Å²) in [5, 5.41) is 9.29. The highest BCUT2D eigenvalue weighted by molar-refractivity contribution is 5.96. The Labute approximate surface area is 99.2 Å². The van der Waals surface area contributed by atoms with Gasteiger partial charge in [0.1, 0.15) is 5.75 Å². The molecule has 0 bridgehead atoms. The maximum absolute atomic E-state index is 11.4. The third-order valence-corrected chi connectivity index (χ3v) is 2.25. The maximum atomic E-state index is 11.4. The number of benzene rings is 1. The number of primary amides is 1. The zero-order chi connectivity index (χ0) is 12.8. The van der Waals surface area contributed by atoms with Gasteiger partial charge in [-0.05, 0) is 18.6 Å². The highest BCUT2D eigenvalue weighted by atomic mass is 16.5. The molecule has 0 aliphatic rings. The lowest BCUT2D eigenvalue weighted by Crippen LogP contribution is -2.19. The number of amides is 1. The van der Waals surface area contributed by atoms with Crippen molar-refractivity contribution in [2.75, 3.05) is 0 Å². The standard InChI is InChI=1S/C12H15NO4/c1-2-8(14)7-11(15)17-10-6-4-3-5-9(10)12(13)16/h3-6,8,14H,2,7H2,1H3,(H2,13,16). The van der Waals surface area contributed by atoms with E-state index in [4.69, 9.17) is 10.5 Å². The van der Waals surface area contributed by atoms with E-state index in [1.54, 1.807) is 19.1 Å². The van der Waals surface area contributed by atoms with Crippen molar-refractivity contribution in [1.29, 1.82) is 0 Å². The van der Waals surface area contributed by atoms with Crippen molar-refractivity contribution in [2.45, 2.75) is 25.9 Å². The van der Waals surface area contributed by atoms with Crippen molar-refractivity contribution >= 4 is 11.9 Å². The Morgan fingerprint density at radius 2 is 2.06 bits per heavy atom. The van der Waals surface area contributed by atoms with Crippen LogP contribution in [0.25, 0.3) is 0 Å². The number of aliphatic hydroxyl groups excluding tert-OH is 1. The fourth-order valence-electron chi connectivity index (χ4n) is 1.26. The minimum Gasteiger partial charge on any atom is -0.426 e. The number of esters is 1. The topological polar surface area (TPSA) is 89.6 Å². The average Bonchev–Trinajstić information content (AvgIpc) is 2.29. The normalized spacial score (nSPS) is 11.9. The molecule has 0 aromatic heterocycles. The highest BCUT2D eigenvalue weighted by Crippen LogP contribution is 2.18. The average molecular weight is 237 g/mol. The molecule has 0 spiro atoms. The third kappa shape index (κ3) is 3.88. The zero-order valence-corrected chi connectivity index (χ0v) is 9.55. The van der Waals surface area contributed by atoms with Crippen LogP contribution in [-0.4, -0.2) is 23.1 Å². The van der Waals surface area contributed by atoms with E-state index >= 15 is 0 Å². The Hall–Kier alpha value is -1.88. The number of para-hydroxylation sites is 1. The fourth-order valence-corrected chi connectivity index (χ4v) is 1.26. The van der Waals surface area contributed by atoms with E-state index in [2.05, 4.69) is 0 Å². The summed E-state index contributed by atoms with van der Waals surface area (Å²) in [6.45, 7) is 1.76. The summed E-state index contributed by atoms with van der Waals surface area (Å²) < 4.78 is 4.98. The Balaban J connectivity index is 2.74. The molecule has 0 saturated carbocycles. The monoisotopic (exact) mass is 237 g/mol. The first kappa shape index (κ1) is 13.2. The van der Waals surface area contributed by atoms with Gasteiger partial charge in [-0.1, -0.05) is 19.1 Å². The van der Waals surface area contributed by atoms with Gasteiger partial charge in [-0.3, -0.25) is 9.59 Å². The Morgan fingerprint density at radius 3 is 2.65 bits per heavy atom. The highest BCUT2D eigenvalue weighted by Gasteiger charge is 2.14. The molecule has 0 saturated heterocycles. The Kier molecular flexibility index (Phi) is 4.66. The molecule has 0 heterocycles. The first-order chi connectivity index (χ1) is 8.04. The minimum absolute atomic E-state index is 0.108. The van der Waals surface area contributed by atoms with Crippen molar-refractivity contribution in [1.82, 2.24) is 0 Å². The lowest BCUT2D eigenvalue weighted by atomic mass is 10.2. The van der Waals surface area contributed by atoms with E-state index < -0.39 is 18.0 Å². The van der Waals surface area contributed by atoms with E-state index in [1.165, 1.54) is 12.1 Å². The number of hydrogen-bond donors (Lipinski definition) is 2. The van der Waals surface area contributed by atoms with Gasteiger partial charge in [0, 0.05) is 0 Å². The number of rotatable bonds is 5. The molecule has 92 valence electrons. The lowest BCUT2D eigenvalue weighted by molar-refractivity contribution is -0.136. The van der Waals surface area contributed by atoms with Crippen molar-refractivity contribution in [3.8, 4) is 5.75 Å². The van der Waals surface area contributed by atoms with Gasteiger partial charge in [-0.15, -0.1) is 0 Å². The van der Waals surface area contributed by atoms with E-state index in [9.17, 15) is 14.7 Å². The summed E-state index contributed by atoms with van der Waals surface area (Å²) in [5.41, 5.74) is 5.28. The summed E-state index contributed by atoms with van der Waals surface area (Å²) in [5.74, 6) is -1.13. The molecular weight excluding hydrogens is 222 g/mol. The van der Waals surface area contributed by atoms with Crippen LogP contribution in [-0.2, 0) is 4.79 Å². The molecule has 1 aromatic carbocycles. The molecule has 0 aliphatic carbocycles. The van der Waals surface area contributed by atoms with Gasteiger partial charge in [0.2, 0.25) is 0 Å². The van der Waals surface area contributed by atoms with Gasteiger partial charge in [0.25, 0.3) is 5.91 Å². The molecule has 0 radical (unpaired) electrons. The van der Waals surface area contributed by atoms with Crippen LogP contribution in [0.1, 0.15) is 30.1 Å². The molecule has 1 aromatic rings. The SMILES string of the molecule is CCC(O)CC(=O)Oc1ccccc1C(N)=O. The van der Waals surface area contributed by atoms with E-state index in [1.807, 2.05) is 0 Å². The van der Waals surface area contributed by atoms with Gasteiger partial charge in [-0.25, -0.2) is 0 Å². The molecule has 1 atom stereocenters. The summed E-state index contributed by atoms with van der Waals surface area (Å²) >= 11 is 0. The summed E-state index contributed by atoms with van der Waals surface area (Å²) in [4.78, 5) is 22.5. The van der Waals surface area contributed by atoms with E-state index in [-0.39, 0.29) is 17.7 Å². The van der Waals surface area contributed by atoms with Crippen LogP contribution in [0.2, 0.25) is 0 Å². The Morgan fingerprint density at radius 1 is 1.41 bits per heavy atom. The van der Waals surface area contributed by atoms with Gasteiger partial charge in [0.15, 0.2) is 0 Å². The largest absolute Gasteiger partial charge is 0.426 e. The van der Waals surface area contributed by atoms with E-state index in [0.717, 1.165) is 0 Å². The van der Waals surface area contributed by atoms with Crippen molar-refractivity contribution in [3.63, 3.8) is 0 Å². The number of nitrogens with two attached hydrogens (primary N) is 1. The second-order valence-electron chi connectivity index (χ2n) is 3.60. The first-order valence-corrected chi connectivity index (χ1v) is 5.32. The number of hydrogen-bond acceptors (Lipinski definition) is 4. The summed E-state index contributed by atoms with van der Waals surface area (Å²) in [6.07, 6.45) is -0.376. The molecular formula is C12H15NO4. The number of carbonyl (C=O) groups is 2. The quantitative estimate of drug-likeness (QED) is 0.587. The van der Waals surface area contributed by atoms with Crippen molar-refractivity contribution in [2.24, 2.45) is 5.73 Å². The van der Waals surface area contributed by atoms with Crippen LogP contribution >= 0.6 is 0 Å². The van der Waals surface area contributed by atoms with Crippen LogP contribution in [0.15, 0.2) is 24.3 Å². The molecule has 5 heteroatoms. The van der Waals surface area contributed by atoms with Crippen LogP contribution in [0, 0.1) is 0 Å². The maximum Gasteiger partial charge on any atom is 0.313 e. The second kappa shape index (κ2) is 6.00. The molecule has 1 rings (SSSR count). The summed E-state index contributed by atoms with van der Waals surface area (Å²) in [7, 11) is 0. The predicted octanol–water partition coefficient (Wildman–Crippen LogP) is 0.852. The van der Waals surface area contributed by atoms with Gasteiger partial charge < -0.3 is 15.6 Å². The molecule has 0 fully saturated rings. The van der Waals surface area contributed by atoms with Gasteiger partial charge in [-0.2, -0.15) is 0 Å². The fraction of sp³-hybridized carbons (Fsp3) is 0.333. The molecule has 5 nitrogen and oxygen atoms in total. The van der Waals surface area contributed by atoms with Crippen LogP contribution < -0.4 is 10.5 Å². The van der Waals surface area contributed by atoms with Gasteiger partial charge >= 0.3 is 5.97 Å². The zero-order valence-electron chi connectivity index (χ0n) is 9.55. The molecule has 3 N–H and O–H groups in total. The third-order valence-electron chi connectivity index (χ3n) is 2.25. The lowest BCUT2D eigenvalue weighted by Gasteiger charge is -2.09. The van der Waals surface area contributed by atoms with Crippen molar-refractivity contribution in [3.05, 3.63) is 29.8 Å². The number of aliphatic hydroxyl groups is 1. The minimum atomic E-state index is -0.733. The molecule has 1 unspecified atom stereocenters. The second-order valence-corrected chi connectivity index (χ2v) is 3.60. The van der Waals surface area contributed by atoms with E-state index in [0.29, 0.717) is 6.42 Å².